The van der Waals surface area contributed by atoms with Gasteiger partial charge >= 0.3 is 5.54 Å². The maximum absolute atomic E-state index is 14.0. The molecular formula is C28H25BrN4O4S. The van der Waals surface area contributed by atoms with Gasteiger partial charge in [0, 0.05) is 20.8 Å². The van der Waals surface area contributed by atoms with Crippen LogP contribution >= 0.6 is 27.9 Å². The molecule has 0 aliphatic carbocycles. The van der Waals surface area contributed by atoms with Crippen LogP contribution < -0.4 is 10.1 Å². The molecule has 0 spiro atoms. The second-order valence-corrected chi connectivity index (χ2v) is 10.5. The number of hydrogen-bond donors (Lipinski definition) is 1. The van der Waals surface area contributed by atoms with E-state index in [0.717, 1.165) is 5.56 Å². The van der Waals surface area contributed by atoms with Gasteiger partial charge in [0.25, 0.3) is 5.91 Å². The maximum Gasteiger partial charge on any atom is 0.334 e. The summed E-state index contributed by atoms with van der Waals surface area (Å²) < 4.78 is 7.66. The molecule has 0 aromatic heterocycles. The first-order valence-corrected chi connectivity index (χ1v) is 13.5. The summed E-state index contributed by atoms with van der Waals surface area (Å²) in [5, 5.41) is 26.0. The largest absolute Gasteiger partial charge is 0.495 e. The minimum atomic E-state index is -2.12. The Morgan fingerprint density at radius 1 is 1.18 bits per heavy atom. The molecule has 4 rings (SSSR count). The Morgan fingerprint density at radius 2 is 1.84 bits per heavy atom. The molecule has 0 saturated carbocycles. The number of allylic oxidation sites excluding steroid dienone is 1. The highest BCUT2D eigenvalue weighted by Crippen LogP contribution is 2.48. The van der Waals surface area contributed by atoms with E-state index >= 15 is 0 Å². The number of halogens is 1. The highest BCUT2D eigenvalue weighted by Gasteiger charge is 2.60. The first-order chi connectivity index (χ1) is 18.3. The number of carbonyl (C=O) groups is 1. The molecule has 1 N–H and O–H groups in total. The number of ether oxygens (including phenoxy) is 1. The Balaban J connectivity index is 1.87. The Hall–Kier alpha value is -3.81. The van der Waals surface area contributed by atoms with Crippen LogP contribution in [0.4, 0.5) is 5.69 Å². The summed E-state index contributed by atoms with van der Waals surface area (Å²) >= 11 is 4.83. The summed E-state index contributed by atoms with van der Waals surface area (Å²) in [5.74, 6) is -0.720. The molecule has 3 aromatic rings. The van der Waals surface area contributed by atoms with Crippen molar-refractivity contribution in [3.05, 3.63) is 116 Å². The van der Waals surface area contributed by atoms with Gasteiger partial charge < -0.3 is 14.4 Å². The fourth-order valence-corrected chi connectivity index (χ4v) is 6.13. The molecule has 1 heterocycles. The van der Waals surface area contributed by atoms with Gasteiger partial charge in [0.05, 0.1) is 18.4 Å². The Labute approximate surface area is 233 Å². The van der Waals surface area contributed by atoms with Crippen molar-refractivity contribution < 1.29 is 14.5 Å². The Bertz CT molecular complexity index is 1430. The number of hydrogen-bond acceptors (Lipinski definition) is 7. The molecular weight excluding hydrogens is 568 g/mol. The second-order valence-electron chi connectivity index (χ2n) is 8.70. The summed E-state index contributed by atoms with van der Waals surface area (Å²) in [7, 11) is 1.50. The van der Waals surface area contributed by atoms with Crippen molar-refractivity contribution in [3.8, 4) is 11.8 Å². The van der Waals surface area contributed by atoms with E-state index in [4.69, 9.17) is 4.74 Å². The molecule has 3 aromatic carbocycles. The quantitative estimate of drug-likeness (QED) is 0.189. The number of amides is 1. The lowest BCUT2D eigenvalue weighted by Crippen LogP contribution is -2.55. The van der Waals surface area contributed by atoms with E-state index < -0.39 is 22.3 Å². The predicted molar refractivity (Wildman–Crippen MR) is 151 cm³/mol. The van der Waals surface area contributed by atoms with Crippen molar-refractivity contribution >= 4 is 39.5 Å². The van der Waals surface area contributed by atoms with Crippen LogP contribution in [0.2, 0.25) is 0 Å². The fourth-order valence-electron chi connectivity index (χ4n) is 4.54. The van der Waals surface area contributed by atoms with E-state index in [2.05, 4.69) is 21.2 Å². The summed E-state index contributed by atoms with van der Waals surface area (Å²) in [5.41, 5.74) is 0.494. The van der Waals surface area contributed by atoms with Crippen LogP contribution in [0.5, 0.6) is 5.75 Å². The van der Waals surface area contributed by atoms with Crippen molar-refractivity contribution in [1.82, 2.24) is 4.31 Å². The minimum Gasteiger partial charge on any atom is -0.495 e. The molecule has 194 valence electrons. The lowest BCUT2D eigenvalue weighted by Gasteiger charge is -2.40. The molecule has 1 aliphatic rings. The van der Waals surface area contributed by atoms with Gasteiger partial charge in [-0.05, 0) is 48.2 Å². The molecule has 2 unspecified atom stereocenters. The van der Waals surface area contributed by atoms with Gasteiger partial charge in [0.1, 0.15) is 24.3 Å². The molecule has 38 heavy (non-hydrogen) atoms. The number of rotatable bonds is 8. The van der Waals surface area contributed by atoms with Crippen LogP contribution in [-0.4, -0.2) is 34.3 Å². The van der Waals surface area contributed by atoms with E-state index in [1.807, 2.05) is 36.4 Å². The monoisotopic (exact) mass is 592 g/mol. The molecule has 1 amide bonds. The zero-order valence-corrected chi connectivity index (χ0v) is 23.2. The van der Waals surface area contributed by atoms with E-state index in [9.17, 15) is 20.2 Å². The molecule has 10 heteroatoms. The highest BCUT2D eigenvalue weighted by atomic mass is 79.9. The summed E-state index contributed by atoms with van der Waals surface area (Å²) in [6.45, 7) is 1.57. The molecule has 8 nitrogen and oxygen atoms in total. The summed E-state index contributed by atoms with van der Waals surface area (Å²) in [6.07, 6.45) is 0. The number of nitrogens with one attached hydrogen (secondary N) is 1. The fraction of sp³-hybridized carbons (Fsp3) is 0.214. The minimum absolute atomic E-state index is 0.146. The van der Waals surface area contributed by atoms with Crippen LogP contribution in [0.3, 0.4) is 0 Å². The van der Waals surface area contributed by atoms with Gasteiger partial charge in [-0.25, -0.2) is 0 Å². The zero-order chi connectivity index (χ0) is 27.3. The predicted octanol–water partition coefficient (Wildman–Crippen LogP) is 6.16. The lowest BCUT2D eigenvalue weighted by molar-refractivity contribution is -0.555. The van der Waals surface area contributed by atoms with E-state index in [1.54, 1.807) is 59.8 Å². The number of nitrogens with zero attached hydrogens (tertiary/aromatic N) is 3. The number of nitriles is 1. The third-order valence-corrected chi connectivity index (χ3v) is 8.38. The van der Waals surface area contributed by atoms with Crippen LogP contribution in [0.25, 0.3) is 0 Å². The first kappa shape index (κ1) is 27.2. The number of carbonyl (C=O) groups excluding carboxylic acids is 1. The van der Waals surface area contributed by atoms with Crippen LogP contribution in [0.1, 0.15) is 24.0 Å². The summed E-state index contributed by atoms with van der Waals surface area (Å²) in [4.78, 5) is 26.1. The molecule has 2 atom stereocenters. The van der Waals surface area contributed by atoms with Gasteiger partial charge in [-0.2, -0.15) is 5.26 Å². The molecule has 0 radical (unpaired) electrons. The third kappa shape index (κ3) is 5.26. The van der Waals surface area contributed by atoms with Crippen molar-refractivity contribution in [1.29, 1.82) is 5.26 Å². The third-order valence-electron chi connectivity index (χ3n) is 6.48. The van der Waals surface area contributed by atoms with Crippen molar-refractivity contribution in [2.75, 3.05) is 19.0 Å². The normalized spacial score (nSPS) is 19.0. The number of anilines is 1. The van der Waals surface area contributed by atoms with Crippen LogP contribution in [-0.2, 0) is 10.5 Å². The topological polar surface area (TPSA) is 108 Å². The van der Waals surface area contributed by atoms with Crippen molar-refractivity contribution in [2.45, 2.75) is 24.1 Å². The molecule has 0 saturated heterocycles. The smallest absolute Gasteiger partial charge is 0.334 e. The molecule has 1 aliphatic heterocycles. The molecule has 0 bridgehead atoms. The van der Waals surface area contributed by atoms with E-state index in [1.165, 1.54) is 19.1 Å². The average molecular weight is 594 g/mol. The Morgan fingerprint density at radius 3 is 2.50 bits per heavy atom. The number of benzene rings is 3. The SMILES string of the molecule is COc1ccccc1NC(=O)C1=C(C)N(SCc2ccccc2)CC(C#N)([N+](=O)[O-])C1c1ccccc1Br. The number of methoxy groups -OCH3 is 1. The maximum atomic E-state index is 14.0. The molecule has 0 fully saturated rings. The van der Waals surface area contributed by atoms with E-state index in [0.29, 0.717) is 32.9 Å². The van der Waals surface area contributed by atoms with Crippen LogP contribution in [0.15, 0.2) is 94.6 Å². The van der Waals surface area contributed by atoms with Gasteiger partial charge in [0.2, 0.25) is 0 Å². The summed E-state index contributed by atoms with van der Waals surface area (Å²) in [6, 6.07) is 25.6. The highest BCUT2D eigenvalue weighted by molar-refractivity contribution is 9.10. The lowest BCUT2D eigenvalue weighted by atomic mass is 9.72. The van der Waals surface area contributed by atoms with Gasteiger partial charge in [-0.1, -0.05) is 76.6 Å². The zero-order valence-electron chi connectivity index (χ0n) is 20.8. The van der Waals surface area contributed by atoms with Crippen LogP contribution in [0, 0.1) is 21.4 Å². The Kier molecular flexibility index (Phi) is 8.39. The first-order valence-electron chi connectivity index (χ1n) is 11.7. The van der Waals surface area contributed by atoms with Crippen molar-refractivity contribution in [2.24, 2.45) is 0 Å². The van der Waals surface area contributed by atoms with Crippen molar-refractivity contribution in [3.63, 3.8) is 0 Å². The number of nitro groups is 1. The average Bonchev–Trinajstić information content (AvgIpc) is 2.93. The van der Waals surface area contributed by atoms with E-state index in [-0.39, 0.29) is 12.1 Å². The number of para-hydroxylation sites is 2. The second kappa shape index (κ2) is 11.7. The van der Waals surface area contributed by atoms with Gasteiger partial charge in [-0.3, -0.25) is 14.9 Å². The van der Waals surface area contributed by atoms with Gasteiger partial charge in [0.15, 0.2) is 0 Å². The standard InChI is InChI=1S/C28H25BrN4O4S/c1-19-25(27(34)31-23-14-8-9-15-24(23)37-2)26(21-12-6-7-13-22(21)29)28(17-30,33(35)36)18-32(19)38-16-20-10-4-3-5-11-20/h3-15,26H,16,18H2,1-2H3,(H,31,34). The van der Waals surface area contributed by atoms with Gasteiger partial charge in [-0.15, -0.1) is 0 Å².